The molecule has 32 heavy (non-hydrogen) atoms. The highest BCUT2D eigenvalue weighted by Gasteiger charge is 2.34. The van der Waals surface area contributed by atoms with E-state index in [1.165, 1.54) is 0 Å². The number of benzene rings is 2. The Kier molecular flexibility index (Phi) is 5.73. The lowest BCUT2D eigenvalue weighted by Gasteiger charge is -2.44. The molecule has 164 valence electrons. The van der Waals surface area contributed by atoms with Gasteiger partial charge in [0, 0.05) is 18.2 Å². The van der Waals surface area contributed by atoms with Crippen LogP contribution >= 0.6 is 0 Å². The Hall–Kier alpha value is -3.45. The van der Waals surface area contributed by atoms with Gasteiger partial charge in [0.2, 0.25) is 5.91 Å². The standard InChI is InChI=1S/C25H27N5O2/c31-24(13-18-5-2-1-3-6-18)27-21-15-26-30(16-21)22-8-4-7-20(14-22)25(32)28-23-17-29-11-9-19(23)10-12-29/h1-8,14-16,19,23H,9-13,17H2,(H,27,31)(H,28,32). The van der Waals surface area contributed by atoms with Crippen molar-refractivity contribution in [2.45, 2.75) is 25.3 Å². The first-order valence-electron chi connectivity index (χ1n) is 11.2. The van der Waals surface area contributed by atoms with Gasteiger partial charge in [-0.05, 0) is 55.6 Å². The molecule has 2 N–H and O–H groups in total. The van der Waals surface area contributed by atoms with Crippen LogP contribution in [0.15, 0.2) is 67.0 Å². The zero-order chi connectivity index (χ0) is 21.9. The van der Waals surface area contributed by atoms with Crippen molar-refractivity contribution >= 4 is 17.5 Å². The molecular weight excluding hydrogens is 402 g/mol. The Morgan fingerprint density at radius 1 is 1.03 bits per heavy atom. The number of fused-ring (bicyclic) bond motifs is 3. The fourth-order valence-corrected chi connectivity index (χ4v) is 4.68. The van der Waals surface area contributed by atoms with Crippen molar-refractivity contribution in [2.75, 3.05) is 25.0 Å². The van der Waals surface area contributed by atoms with E-state index in [2.05, 4.69) is 20.6 Å². The molecule has 3 aliphatic heterocycles. The molecule has 2 amide bonds. The summed E-state index contributed by atoms with van der Waals surface area (Å²) in [5.74, 6) is 0.441. The second-order valence-corrected chi connectivity index (χ2v) is 8.65. The number of anilines is 1. The molecule has 6 rings (SSSR count). The van der Waals surface area contributed by atoms with Gasteiger partial charge in [-0.3, -0.25) is 9.59 Å². The van der Waals surface area contributed by atoms with Crippen LogP contribution < -0.4 is 10.6 Å². The van der Waals surface area contributed by atoms with Gasteiger partial charge in [-0.15, -0.1) is 0 Å². The Morgan fingerprint density at radius 3 is 2.59 bits per heavy atom. The van der Waals surface area contributed by atoms with E-state index in [-0.39, 0.29) is 17.9 Å². The van der Waals surface area contributed by atoms with Crippen LogP contribution in [0.4, 0.5) is 5.69 Å². The lowest BCUT2D eigenvalue weighted by atomic mass is 9.84. The summed E-state index contributed by atoms with van der Waals surface area (Å²) < 4.78 is 1.67. The maximum Gasteiger partial charge on any atom is 0.251 e. The Morgan fingerprint density at radius 2 is 1.84 bits per heavy atom. The van der Waals surface area contributed by atoms with Crippen molar-refractivity contribution in [3.8, 4) is 5.69 Å². The Bertz CT molecular complexity index is 1100. The second-order valence-electron chi connectivity index (χ2n) is 8.65. The minimum Gasteiger partial charge on any atom is -0.348 e. The zero-order valence-corrected chi connectivity index (χ0v) is 17.9. The Balaban J connectivity index is 1.23. The summed E-state index contributed by atoms with van der Waals surface area (Å²) in [6.07, 6.45) is 6.01. The monoisotopic (exact) mass is 429 g/mol. The van der Waals surface area contributed by atoms with Crippen LogP contribution in [0, 0.1) is 5.92 Å². The number of nitrogens with zero attached hydrogens (tertiary/aromatic N) is 3. The largest absolute Gasteiger partial charge is 0.348 e. The number of hydrogen-bond donors (Lipinski definition) is 2. The third-order valence-corrected chi connectivity index (χ3v) is 6.42. The summed E-state index contributed by atoms with van der Waals surface area (Å²) >= 11 is 0. The number of piperidine rings is 3. The molecule has 3 saturated heterocycles. The minimum atomic E-state index is -0.0959. The van der Waals surface area contributed by atoms with Crippen molar-refractivity contribution in [3.05, 3.63) is 78.1 Å². The van der Waals surface area contributed by atoms with Crippen molar-refractivity contribution in [1.82, 2.24) is 20.0 Å². The highest BCUT2D eigenvalue weighted by Crippen LogP contribution is 2.27. The third kappa shape index (κ3) is 4.57. The summed E-state index contributed by atoms with van der Waals surface area (Å²) in [6.45, 7) is 3.24. The maximum atomic E-state index is 12.9. The van der Waals surface area contributed by atoms with Gasteiger partial charge in [0.05, 0.1) is 30.2 Å². The van der Waals surface area contributed by atoms with Crippen LogP contribution in [-0.2, 0) is 11.2 Å². The first kappa shape index (κ1) is 20.5. The average molecular weight is 430 g/mol. The Labute approximate surface area is 187 Å². The van der Waals surface area contributed by atoms with Gasteiger partial charge >= 0.3 is 0 Å². The molecule has 0 radical (unpaired) electrons. The molecule has 0 spiro atoms. The fraction of sp³-hybridized carbons (Fsp3) is 0.320. The predicted molar refractivity (Wildman–Crippen MR) is 123 cm³/mol. The van der Waals surface area contributed by atoms with Crippen molar-refractivity contribution in [2.24, 2.45) is 5.92 Å². The first-order chi connectivity index (χ1) is 15.6. The normalized spacial score (nSPS) is 21.8. The summed E-state index contributed by atoms with van der Waals surface area (Å²) in [6, 6.07) is 17.3. The van der Waals surface area contributed by atoms with Crippen LogP contribution in [0.5, 0.6) is 0 Å². The van der Waals surface area contributed by atoms with E-state index in [0.29, 0.717) is 23.6 Å². The second kappa shape index (κ2) is 8.96. The van der Waals surface area contributed by atoms with Gasteiger partial charge in [0.15, 0.2) is 0 Å². The van der Waals surface area contributed by atoms with Crippen LogP contribution in [0.25, 0.3) is 5.69 Å². The van der Waals surface area contributed by atoms with Crippen LogP contribution in [0.1, 0.15) is 28.8 Å². The lowest BCUT2D eigenvalue weighted by molar-refractivity contribution is -0.115. The van der Waals surface area contributed by atoms with Crippen molar-refractivity contribution in [3.63, 3.8) is 0 Å². The fourth-order valence-electron chi connectivity index (χ4n) is 4.68. The number of carbonyl (C=O) groups excluding carboxylic acids is 2. The molecule has 0 saturated carbocycles. The molecule has 1 aromatic heterocycles. The SMILES string of the molecule is O=C(Cc1ccccc1)Nc1cnn(-c2cccc(C(=O)NC3CN4CCC3CC4)c2)c1. The van der Waals surface area contributed by atoms with Gasteiger partial charge in [-0.2, -0.15) is 5.10 Å². The average Bonchev–Trinajstić information content (AvgIpc) is 3.29. The lowest BCUT2D eigenvalue weighted by Crippen LogP contribution is -2.57. The van der Waals surface area contributed by atoms with Gasteiger partial charge in [0.25, 0.3) is 5.91 Å². The van der Waals surface area contributed by atoms with E-state index in [4.69, 9.17) is 0 Å². The molecule has 2 aromatic carbocycles. The van der Waals surface area contributed by atoms with Gasteiger partial charge in [-0.1, -0.05) is 36.4 Å². The van der Waals surface area contributed by atoms with Crippen molar-refractivity contribution in [1.29, 1.82) is 0 Å². The molecule has 1 unspecified atom stereocenters. The topological polar surface area (TPSA) is 79.3 Å². The summed E-state index contributed by atoms with van der Waals surface area (Å²) in [4.78, 5) is 27.6. The number of aromatic nitrogens is 2. The zero-order valence-electron chi connectivity index (χ0n) is 17.9. The molecule has 0 aliphatic carbocycles. The predicted octanol–water partition coefficient (Wildman–Crippen LogP) is 2.88. The summed E-state index contributed by atoms with van der Waals surface area (Å²) in [7, 11) is 0. The summed E-state index contributed by atoms with van der Waals surface area (Å²) in [5, 5.41) is 10.5. The number of nitrogens with one attached hydrogen (secondary N) is 2. The first-order valence-corrected chi connectivity index (χ1v) is 11.2. The molecule has 1 atom stereocenters. The highest BCUT2D eigenvalue weighted by molar-refractivity contribution is 5.95. The van der Waals surface area contributed by atoms with Crippen LogP contribution in [0.2, 0.25) is 0 Å². The van der Waals surface area contributed by atoms with Gasteiger partial charge in [-0.25, -0.2) is 4.68 Å². The van der Waals surface area contributed by atoms with Gasteiger partial charge < -0.3 is 15.5 Å². The van der Waals surface area contributed by atoms with E-state index in [9.17, 15) is 9.59 Å². The van der Waals surface area contributed by atoms with Crippen LogP contribution in [-0.4, -0.2) is 52.2 Å². The highest BCUT2D eigenvalue weighted by atomic mass is 16.2. The molecule has 7 nitrogen and oxygen atoms in total. The molecule has 3 fully saturated rings. The molecule has 3 aromatic rings. The van der Waals surface area contributed by atoms with E-state index >= 15 is 0 Å². The number of carbonyl (C=O) groups is 2. The molecule has 3 aliphatic rings. The smallest absolute Gasteiger partial charge is 0.251 e. The third-order valence-electron chi connectivity index (χ3n) is 6.42. The number of hydrogen-bond acceptors (Lipinski definition) is 4. The minimum absolute atomic E-state index is 0.0471. The number of rotatable bonds is 6. The quantitative estimate of drug-likeness (QED) is 0.632. The van der Waals surface area contributed by atoms with Crippen LogP contribution in [0.3, 0.4) is 0 Å². The molecular formula is C25H27N5O2. The van der Waals surface area contributed by atoms with E-state index in [1.807, 2.05) is 54.6 Å². The molecule has 2 bridgehead atoms. The van der Waals surface area contributed by atoms with E-state index in [1.54, 1.807) is 17.1 Å². The maximum absolute atomic E-state index is 12.9. The van der Waals surface area contributed by atoms with Crippen molar-refractivity contribution < 1.29 is 9.59 Å². The molecule has 7 heteroatoms. The van der Waals surface area contributed by atoms with E-state index in [0.717, 1.165) is 43.7 Å². The molecule has 4 heterocycles. The summed E-state index contributed by atoms with van der Waals surface area (Å²) in [5.41, 5.74) is 2.96. The number of amides is 2. The van der Waals surface area contributed by atoms with Gasteiger partial charge in [0.1, 0.15) is 0 Å². The van der Waals surface area contributed by atoms with E-state index < -0.39 is 0 Å².